The van der Waals surface area contributed by atoms with Gasteiger partial charge >= 0.3 is 0 Å². The van der Waals surface area contributed by atoms with Crippen molar-refractivity contribution in [1.82, 2.24) is 5.32 Å². The third-order valence-corrected chi connectivity index (χ3v) is 3.14. The van der Waals surface area contributed by atoms with E-state index in [2.05, 4.69) is 12.2 Å². The van der Waals surface area contributed by atoms with Crippen LogP contribution in [0.25, 0.3) is 0 Å². The van der Waals surface area contributed by atoms with Crippen LogP contribution in [-0.4, -0.2) is 17.5 Å². The summed E-state index contributed by atoms with van der Waals surface area (Å²) in [6.07, 6.45) is 0. The topological polar surface area (TPSA) is 79.0 Å². The molecule has 5 heteroatoms. The summed E-state index contributed by atoms with van der Waals surface area (Å²) in [6, 6.07) is 6.87. The van der Waals surface area contributed by atoms with Crippen LogP contribution < -0.4 is 5.32 Å². The molecule has 0 heterocycles. The number of nitro benzene ring substituents is 1. The van der Waals surface area contributed by atoms with E-state index in [1.807, 2.05) is 19.9 Å². The van der Waals surface area contributed by atoms with Crippen LogP contribution in [-0.2, 0) is 0 Å². The van der Waals surface area contributed by atoms with Gasteiger partial charge in [-0.05, 0) is 31.0 Å². The Morgan fingerprint density at radius 2 is 2.17 bits per heavy atom. The molecule has 1 aromatic carbocycles. The van der Waals surface area contributed by atoms with E-state index in [0.29, 0.717) is 0 Å². The minimum Gasteiger partial charge on any atom is -0.314 e. The number of hydrogen-bond donors (Lipinski definition) is 1. The Bertz CT molecular complexity index is 480. The zero-order valence-electron chi connectivity index (χ0n) is 10.8. The van der Waals surface area contributed by atoms with Crippen LogP contribution in [0.5, 0.6) is 0 Å². The highest BCUT2D eigenvalue weighted by atomic mass is 16.6. The highest BCUT2D eigenvalue weighted by Gasteiger charge is 2.18. The molecule has 0 saturated heterocycles. The molecular weight excluding hydrogens is 230 g/mol. The summed E-state index contributed by atoms with van der Waals surface area (Å²) in [5, 5.41) is 23.0. The standard InChI is InChI=1S/C13H17N3O2/c1-4-15-10(3)9(2)11-5-6-13(16(17)18)12(7-11)8-14/h5-7,9-10,15H,4H2,1-3H3. The van der Waals surface area contributed by atoms with Crippen LogP contribution in [0.15, 0.2) is 18.2 Å². The van der Waals surface area contributed by atoms with Crippen LogP contribution in [0.2, 0.25) is 0 Å². The molecule has 0 aromatic heterocycles. The van der Waals surface area contributed by atoms with E-state index < -0.39 is 4.92 Å². The van der Waals surface area contributed by atoms with E-state index in [4.69, 9.17) is 5.26 Å². The summed E-state index contributed by atoms with van der Waals surface area (Å²) in [6.45, 7) is 6.99. The molecular formula is C13H17N3O2. The number of hydrogen-bond acceptors (Lipinski definition) is 4. The SMILES string of the molecule is CCNC(C)C(C)c1ccc([N+](=O)[O-])c(C#N)c1. The summed E-state index contributed by atoms with van der Waals surface area (Å²) in [5.41, 5.74) is 0.920. The van der Waals surface area contributed by atoms with Crippen molar-refractivity contribution in [3.8, 4) is 6.07 Å². The first kappa shape index (κ1) is 14.1. The quantitative estimate of drug-likeness (QED) is 0.640. The van der Waals surface area contributed by atoms with Gasteiger partial charge in [0.15, 0.2) is 0 Å². The van der Waals surface area contributed by atoms with Gasteiger partial charge in [-0.3, -0.25) is 10.1 Å². The molecule has 1 aromatic rings. The second kappa shape index (κ2) is 6.12. The lowest BCUT2D eigenvalue weighted by atomic mass is 9.92. The van der Waals surface area contributed by atoms with Gasteiger partial charge in [-0.15, -0.1) is 0 Å². The second-order valence-electron chi connectivity index (χ2n) is 4.28. The zero-order chi connectivity index (χ0) is 13.7. The van der Waals surface area contributed by atoms with Gasteiger partial charge in [0.2, 0.25) is 0 Å². The number of nitrogens with zero attached hydrogens (tertiary/aromatic N) is 2. The lowest BCUT2D eigenvalue weighted by Gasteiger charge is -2.21. The zero-order valence-corrected chi connectivity index (χ0v) is 10.8. The van der Waals surface area contributed by atoms with Crippen LogP contribution >= 0.6 is 0 Å². The van der Waals surface area contributed by atoms with Crippen molar-refractivity contribution in [2.45, 2.75) is 32.7 Å². The third kappa shape index (κ3) is 3.05. The maximum absolute atomic E-state index is 10.7. The van der Waals surface area contributed by atoms with E-state index in [9.17, 15) is 10.1 Å². The van der Waals surface area contributed by atoms with Crippen molar-refractivity contribution >= 4 is 5.69 Å². The molecule has 0 saturated carbocycles. The van der Waals surface area contributed by atoms with Crippen LogP contribution in [0.1, 0.15) is 37.8 Å². The fourth-order valence-corrected chi connectivity index (χ4v) is 1.87. The second-order valence-corrected chi connectivity index (χ2v) is 4.28. The molecule has 96 valence electrons. The number of rotatable bonds is 5. The third-order valence-electron chi connectivity index (χ3n) is 3.14. The van der Waals surface area contributed by atoms with E-state index >= 15 is 0 Å². The number of likely N-dealkylation sites (N-methyl/N-ethyl adjacent to an activating group) is 1. The Morgan fingerprint density at radius 3 is 2.67 bits per heavy atom. The first-order valence-corrected chi connectivity index (χ1v) is 5.93. The fraction of sp³-hybridized carbons (Fsp3) is 0.462. The molecule has 0 aliphatic heterocycles. The molecule has 0 amide bonds. The number of nitrogens with one attached hydrogen (secondary N) is 1. The molecule has 0 aliphatic carbocycles. The van der Waals surface area contributed by atoms with Crippen molar-refractivity contribution in [3.05, 3.63) is 39.4 Å². The van der Waals surface area contributed by atoms with Crippen molar-refractivity contribution in [3.63, 3.8) is 0 Å². The molecule has 2 atom stereocenters. The van der Waals surface area contributed by atoms with E-state index in [1.54, 1.807) is 12.1 Å². The number of benzene rings is 1. The smallest absolute Gasteiger partial charge is 0.287 e. The van der Waals surface area contributed by atoms with Gasteiger partial charge < -0.3 is 5.32 Å². The molecule has 0 spiro atoms. The molecule has 0 bridgehead atoms. The maximum atomic E-state index is 10.7. The number of nitriles is 1. The van der Waals surface area contributed by atoms with Crippen molar-refractivity contribution in [2.75, 3.05) is 6.54 Å². The maximum Gasteiger partial charge on any atom is 0.287 e. The first-order valence-electron chi connectivity index (χ1n) is 5.93. The molecule has 2 unspecified atom stereocenters. The molecule has 5 nitrogen and oxygen atoms in total. The molecule has 1 N–H and O–H groups in total. The average molecular weight is 247 g/mol. The highest BCUT2D eigenvalue weighted by molar-refractivity contribution is 5.51. The minimum atomic E-state index is -0.527. The van der Waals surface area contributed by atoms with Crippen molar-refractivity contribution in [2.24, 2.45) is 0 Å². The highest BCUT2D eigenvalue weighted by Crippen LogP contribution is 2.25. The van der Waals surface area contributed by atoms with Crippen LogP contribution in [0.3, 0.4) is 0 Å². The van der Waals surface area contributed by atoms with Crippen molar-refractivity contribution in [1.29, 1.82) is 5.26 Å². The summed E-state index contributed by atoms with van der Waals surface area (Å²) >= 11 is 0. The lowest BCUT2D eigenvalue weighted by molar-refractivity contribution is -0.385. The largest absolute Gasteiger partial charge is 0.314 e. The predicted octanol–water partition coefficient (Wildman–Crippen LogP) is 2.57. The Kier molecular flexibility index (Phi) is 4.81. The van der Waals surface area contributed by atoms with Crippen LogP contribution in [0, 0.1) is 21.4 Å². The molecule has 0 radical (unpaired) electrons. The Labute approximate surface area is 107 Å². The monoisotopic (exact) mass is 247 g/mol. The molecule has 18 heavy (non-hydrogen) atoms. The number of nitro groups is 1. The van der Waals surface area contributed by atoms with Crippen LogP contribution in [0.4, 0.5) is 5.69 Å². The normalized spacial score (nSPS) is 13.7. The minimum absolute atomic E-state index is 0.119. The summed E-state index contributed by atoms with van der Waals surface area (Å²) < 4.78 is 0. The molecule has 0 aliphatic rings. The summed E-state index contributed by atoms with van der Waals surface area (Å²) in [7, 11) is 0. The fourth-order valence-electron chi connectivity index (χ4n) is 1.87. The van der Waals surface area contributed by atoms with E-state index in [0.717, 1.165) is 12.1 Å². The molecule has 1 rings (SSSR count). The lowest BCUT2D eigenvalue weighted by Crippen LogP contribution is -2.30. The van der Waals surface area contributed by atoms with Crippen molar-refractivity contribution < 1.29 is 4.92 Å². The van der Waals surface area contributed by atoms with Gasteiger partial charge in [-0.25, -0.2) is 0 Å². The Hall–Kier alpha value is -1.93. The van der Waals surface area contributed by atoms with Gasteiger partial charge in [-0.2, -0.15) is 5.26 Å². The van der Waals surface area contributed by atoms with Gasteiger partial charge in [0, 0.05) is 12.1 Å². The van der Waals surface area contributed by atoms with E-state index in [-0.39, 0.29) is 23.2 Å². The Morgan fingerprint density at radius 1 is 1.50 bits per heavy atom. The summed E-state index contributed by atoms with van der Waals surface area (Å²) in [5.74, 6) is 0.192. The summed E-state index contributed by atoms with van der Waals surface area (Å²) in [4.78, 5) is 10.2. The first-order chi connectivity index (χ1) is 8.51. The van der Waals surface area contributed by atoms with Gasteiger partial charge in [0.05, 0.1) is 4.92 Å². The van der Waals surface area contributed by atoms with Gasteiger partial charge in [0.25, 0.3) is 5.69 Å². The van der Waals surface area contributed by atoms with Gasteiger partial charge in [0.1, 0.15) is 11.6 Å². The van der Waals surface area contributed by atoms with E-state index in [1.165, 1.54) is 6.07 Å². The predicted molar refractivity (Wildman–Crippen MR) is 69.4 cm³/mol. The Balaban J connectivity index is 3.06. The van der Waals surface area contributed by atoms with Gasteiger partial charge in [-0.1, -0.05) is 19.9 Å². The molecule has 0 fully saturated rings. The average Bonchev–Trinajstić information content (AvgIpc) is 2.37.